The normalized spacial score (nSPS) is 20.1. The van der Waals surface area contributed by atoms with E-state index in [1.54, 1.807) is 4.90 Å². The van der Waals surface area contributed by atoms with E-state index in [0.29, 0.717) is 12.5 Å². The number of hydrogen-bond donors (Lipinski definition) is 3. The van der Waals surface area contributed by atoms with Crippen molar-refractivity contribution in [2.24, 2.45) is 0 Å². The van der Waals surface area contributed by atoms with Crippen LogP contribution >= 0.6 is 0 Å². The van der Waals surface area contributed by atoms with Crippen LogP contribution in [0.2, 0.25) is 0 Å². The Morgan fingerprint density at radius 1 is 0.923 bits per heavy atom. The molecule has 0 spiro atoms. The molecule has 1 aliphatic heterocycles. The van der Waals surface area contributed by atoms with Gasteiger partial charge in [-0.25, -0.2) is 0 Å². The molecule has 26 heavy (non-hydrogen) atoms. The van der Waals surface area contributed by atoms with Gasteiger partial charge in [-0.05, 0) is 17.5 Å². The Kier molecular flexibility index (Phi) is 6.42. The molecule has 0 unspecified atom stereocenters. The highest BCUT2D eigenvalue weighted by Gasteiger charge is 2.25. The number of nitrogens with one attached hydrogen (secondary N) is 3. The van der Waals surface area contributed by atoms with Gasteiger partial charge in [0.15, 0.2) is 6.54 Å². The molecule has 2 aromatic carbocycles. The average molecular weight is 354 g/mol. The van der Waals surface area contributed by atoms with Crippen molar-refractivity contribution in [1.29, 1.82) is 0 Å². The molecule has 0 aromatic heterocycles. The molecule has 0 radical (unpaired) electrons. The Balaban J connectivity index is 1.46. The van der Waals surface area contributed by atoms with E-state index in [4.69, 9.17) is 0 Å². The highest BCUT2D eigenvalue weighted by atomic mass is 16.2. The van der Waals surface area contributed by atoms with Crippen LogP contribution in [-0.2, 0) is 11.3 Å². The zero-order valence-electron chi connectivity index (χ0n) is 15.9. The summed E-state index contributed by atoms with van der Waals surface area (Å²) < 4.78 is 0. The van der Waals surface area contributed by atoms with Gasteiger partial charge in [0.25, 0.3) is 5.91 Å². The predicted molar refractivity (Wildman–Crippen MR) is 106 cm³/mol. The summed E-state index contributed by atoms with van der Waals surface area (Å²) in [5.41, 5.74) is 3.56. The zero-order chi connectivity index (χ0) is 18.4. The minimum absolute atomic E-state index is 0.125. The van der Waals surface area contributed by atoms with Gasteiger partial charge < -0.3 is 15.1 Å². The summed E-state index contributed by atoms with van der Waals surface area (Å²) in [6.45, 7) is 10.3. The van der Waals surface area contributed by atoms with Crippen molar-refractivity contribution in [3.8, 4) is 0 Å². The molecule has 0 bridgehead atoms. The highest BCUT2D eigenvalue weighted by Crippen LogP contribution is 2.23. The lowest BCUT2D eigenvalue weighted by Gasteiger charge is -2.29. The van der Waals surface area contributed by atoms with Gasteiger partial charge in [-0.15, -0.1) is 0 Å². The van der Waals surface area contributed by atoms with Crippen LogP contribution < -0.4 is 15.1 Å². The van der Waals surface area contributed by atoms with Gasteiger partial charge in [0.2, 0.25) is 0 Å². The maximum Gasteiger partial charge on any atom is 0.279 e. The molecule has 1 heterocycles. The number of hydrogen-bond acceptors (Lipinski definition) is 1. The van der Waals surface area contributed by atoms with Crippen LogP contribution in [-0.4, -0.2) is 38.6 Å². The summed E-state index contributed by atoms with van der Waals surface area (Å²) in [6.07, 6.45) is 0. The highest BCUT2D eigenvalue weighted by molar-refractivity contribution is 5.92. The number of para-hydroxylation sites is 1. The number of amides is 1. The lowest BCUT2D eigenvalue weighted by Crippen LogP contribution is -3.28. The first-order valence-electron chi connectivity index (χ1n) is 9.71. The van der Waals surface area contributed by atoms with E-state index >= 15 is 0 Å². The molecule has 3 rings (SSSR count). The minimum atomic E-state index is 0.125. The third kappa shape index (κ3) is 5.16. The lowest BCUT2D eigenvalue weighted by molar-refractivity contribution is -1.02. The van der Waals surface area contributed by atoms with Crippen LogP contribution in [0, 0.1) is 0 Å². The molecule has 4 heteroatoms. The topological polar surface area (TPSA) is 38.0 Å². The predicted octanol–water partition coefficient (Wildman–Crippen LogP) is 0.732. The maximum absolute atomic E-state index is 12.5. The Labute approximate surface area is 156 Å². The van der Waals surface area contributed by atoms with Crippen LogP contribution in [0.4, 0.5) is 5.69 Å². The van der Waals surface area contributed by atoms with Crippen LogP contribution in [0.15, 0.2) is 54.6 Å². The van der Waals surface area contributed by atoms with E-state index in [1.165, 1.54) is 16.0 Å². The van der Waals surface area contributed by atoms with Crippen LogP contribution in [0.1, 0.15) is 30.9 Å². The quantitative estimate of drug-likeness (QED) is 0.704. The molecule has 1 saturated heterocycles. The molecule has 0 aliphatic carbocycles. The van der Waals surface area contributed by atoms with E-state index < -0.39 is 0 Å². The number of carbonyl (C=O) groups excluding carboxylic acids is 1. The molecule has 0 atom stereocenters. The summed E-state index contributed by atoms with van der Waals surface area (Å²) in [4.78, 5) is 15.5. The van der Waals surface area contributed by atoms with Crippen molar-refractivity contribution in [1.82, 2.24) is 0 Å². The number of rotatable bonds is 6. The van der Waals surface area contributed by atoms with Gasteiger partial charge in [-0.1, -0.05) is 62.4 Å². The fourth-order valence-corrected chi connectivity index (χ4v) is 3.73. The first-order chi connectivity index (χ1) is 12.6. The molecule has 2 aromatic rings. The van der Waals surface area contributed by atoms with Gasteiger partial charge in [-0.3, -0.25) is 4.79 Å². The maximum atomic E-state index is 12.5. The Bertz CT molecular complexity index is 706. The minimum Gasteiger partial charge on any atom is -0.322 e. The third-order valence-electron chi connectivity index (χ3n) is 5.23. The number of quaternary nitrogens is 2. The van der Waals surface area contributed by atoms with Crippen molar-refractivity contribution in [2.45, 2.75) is 26.3 Å². The van der Waals surface area contributed by atoms with Crippen LogP contribution in [0.25, 0.3) is 0 Å². The summed E-state index contributed by atoms with van der Waals surface area (Å²) in [6, 6.07) is 18.8. The molecule has 138 valence electrons. The monoisotopic (exact) mass is 353 g/mol. The standard InChI is InChI=1S/C22H29N3O/c1-18(2)20-10-6-7-11-21(20)23-22(26)17-25-14-12-24(13-15-25)16-19-8-4-3-5-9-19/h3-11,18H,12-17H2,1-2H3,(H,23,26)/p+2. The Morgan fingerprint density at radius 2 is 1.54 bits per heavy atom. The van der Waals surface area contributed by atoms with E-state index in [2.05, 4.69) is 55.6 Å². The average Bonchev–Trinajstić information content (AvgIpc) is 2.64. The molecule has 1 fully saturated rings. The molecule has 1 aliphatic rings. The van der Waals surface area contributed by atoms with Crippen molar-refractivity contribution < 1.29 is 14.6 Å². The number of carbonyl (C=O) groups is 1. The van der Waals surface area contributed by atoms with Gasteiger partial charge >= 0.3 is 0 Å². The van der Waals surface area contributed by atoms with Gasteiger partial charge in [0.1, 0.15) is 32.7 Å². The number of benzene rings is 2. The molecule has 3 N–H and O–H groups in total. The summed E-state index contributed by atoms with van der Waals surface area (Å²) >= 11 is 0. The second-order valence-corrected chi connectivity index (χ2v) is 7.63. The molecular formula is C22H31N3O+2. The number of anilines is 1. The SMILES string of the molecule is CC(C)c1ccccc1NC(=O)C[NH+]1CC[NH+](Cc2ccccc2)CC1. The van der Waals surface area contributed by atoms with Crippen molar-refractivity contribution in [3.05, 3.63) is 65.7 Å². The summed E-state index contributed by atoms with van der Waals surface area (Å²) in [5.74, 6) is 0.531. The Hall–Kier alpha value is -2.17. The van der Waals surface area contributed by atoms with Gasteiger partial charge in [0, 0.05) is 11.3 Å². The second kappa shape index (κ2) is 8.97. The van der Waals surface area contributed by atoms with E-state index in [9.17, 15) is 4.79 Å². The lowest BCUT2D eigenvalue weighted by atomic mass is 10.0. The fourth-order valence-electron chi connectivity index (χ4n) is 3.73. The zero-order valence-corrected chi connectivity index (χ0v) is 15.9. The third-order valence-corrected chi connectivity index (χ3v) is 5.23. The smallest absolute Gasteiger partial charge is 0.279 e. The van der Waals surface area contributed by atoms with E-state index in [0.717, 1.165) is 38.4 Å². The second-order valence-electron chi connectivity index (χ2n) is 7.63. The van der Waals surface area contributed by atoms with Crippen molar-refractivity contribution in [3.63, 3.8) is 0 Å². The summed E-state index contributed by atoms with van der Waals surface area (Å²) in [7, 11) is 0. The van der Waals surface area contributed by atoms with E-state index in [-0.39, 0.29) is 5.91 Å². The largest absolute Gasteiger partial charge is 0.322 e. The van der Waals surface area contributed by atoms with Crippen molar-refractivity contribution >= 4 is 11.6 Å². The van der Waals surface area contributed by atoms with Gasteiger partial charge in [-0.2, -0.15) is 0 Å². The van der Waals surface area contributed by atoms with Gasteiger partial charge in [0.05, 0.1) is 0 Å². The van der Waals surface area contributed by atoms with Crippen LogP contribution in [0.5, 0.6) is 0 Å². The summed E-state index contributed by atoms with van der Waals surface area (Å²) in [5, 5.41) is 3.12. The molecular weight excluding hydrogens is 322 g/mol. The van der Waals surface area contributed by atoms with E-state index in [1.807, 2.05) is 18.2 Å². The molecule has 1 amide bonds. The number of piperazine rings is 1. The van der Waals surface area contributed by atoms with Crippen LogP contribution in [0.3, 0.4) is 0 Å². The first-order valence-corrected chi connectivity index (χ1v) is 9.71. The molecule has 0 saturated carbocycles. The van der Waals surface area contributed by atoms with Crippen molar-refractivity contribution in [2.75, 3.05) is 38.0 Å². The Morgan fingerprint density at radius 3 is 2.23 bits per heavy atom. The first kappa shape index (κ1) is 18.6. The fraction of sp³-hybridized carbons (Fsp3) is 0.409. The molecule has 4 nitrogen and oxygen atoms in total.